The van der Waals surface area contributed by atoms with Crippen molar-refractivity contribution >= 4 is 46.7 Å². The lowest BCUT2D eigenvalue weighted by Gasteiger charge is -2.33. The molecule has 2 heterocycles. The Bertz CT molecular complexity index is 1230. The number of carbonyl (C=O) groups excluding carboxylic acids is 2. The van der Waals surface area contributed by atoms with Crippen molar-refractivity contribution in [3.63, 3.8) is 0 Å². The average molecular weight is 685 g/mol. The van der Waals surface area contributed by atoms with E-state index in [1.54, 1.807) is 21.1 Å². The van der Waals surface area contributed by atoms with Gasteiger partial charge in [0.25, 0.3) is 0 Å². The number of carbonyl (C=O) groups is 2. The lowest BCUT2D eigenvalue weighted by molar-refractivity contribution is 0.156. The maximum atomic E-state index is 11.6. The molecule has 2 aliphatic rings. The van der Waals surface area contributed by atoms with E-state index in [1.165, 1.54) is 26.4 Å². The van der Waals surface area contributed by atoms with E-state index in [0.29, 0.717) is 23.6 Å². The maximum absolute atomic E-state index is 11.6. The molecule has 2 aliphatic heterocycles. The summed E-state index contributed by atoms with van der Waals surface area (Å²) in [5.74, 6) is 2.46. The van der Waals surface area contributed by atoms with E-state index in [0.717, 1.165) is 0 Å². The number of nitrogens with zero attached hydrogens (tertiary/aromatic N) is 7. The Morgan fingerprint density at radius 2 is 1.34 bits per heavy atom. The fourth-order valence-corrected chi connectivity index (χ4v) is 4.11. The third-order valence-corrected chi connectivity index (χ3v) is 6.50. The minimum absolute atomic E-state index is 0.147. The molecule has 1 N–H and O–H groups in total. The summed E-state index contributed by atoms with van der Waals surface area (Å²) >= 11 is 4.75. The Kier molecular flexibility index (Phi) is 19.5. The number of halogens is 1. The van der Waals surface area contributed by atoms with Gasteiger partial charge in [-0.15, -0.1) is 0 Å². The van der Waals surface area contributed by atoms with Crippen LogP contribution in [0.15, 0.2) is 50.4 Å². The first-order valence-electron chi connectivity index (χ1n) is 14.6. The standard InChI is InChI=1S/C15H25N3O4.C11H19N5O2.C4H5ClO2/c1-7-8-22-14(19)16-9-15(4)13(21-6)17-11(10(2)3)12(18-15)20-5;1-7(2)8-9(17-4)15-11(3,6-13-16-12)10(14-8)18-5;1-2-3-7-4(5)6/h7,10-11H,1,8-9H2,2-6H3,(H,16,19);7-8H,6H2,1-5H3;2H,1,3H2/t11-,15+;8-,11+;/m11./s1. The van der Waals surface area contributed by atoms with Gasteiger partial charge in [0, 0.05) is 16.5 Å². The van der Waals surface area contributed by atoms with Gasteiger partial charge in [0.1, 0.15) is 30.8 Å². The molecule has 0 bridgehead atoms. The number of aliphatic imine (C=N–C) groups is 4. The Labute approximate surface area is 282 Å². The smallest absolute Gasteiger partial charge is 0.407 e. The van der Waals surface area contributed by atoms with Gasteiger partial charge in [-0.2, -0.15) is 0 Å². The lowest BCUT2D eigenvalue weighted by Crippen LogP contribution is -2.51. The van der Waals surface area contributed by atoms with Crippen LogP contribution < -0.4 is 5.32 Å². The van der Waals surface area contributed by atoms with Gasteiger partial charge in [0.2, 0.25) is 23.6 Å². The highest BCUT2D eigenvalue weighted by molar-refractivity contribution is 6.61. The van der Waals surface area contributed by atoms with Crippen LogP contribution in [-0.2, 0) is 28.4 Å². The summed E-state index contributed by atoms with van der Waals surface area (Å²) < 4.78 is 30.4. The summed E-state index contributed by atoms with van der Waals surface area (Å²) in [6.07, 6.45) is 2.40. The molecule has 0 aromatic carbocycles. The summed E-state index contributed by atoms with van der Waals surface area (Å²) in [4.78, 5) is 42.2. The van der Waals surface area contributed by atoms with Gasteiger partial charge < -0.3 is 33.7 Å². The predicted octanol–water partition coefficient (Wildman–Crippen LogP) is 5.52. The Morgan fingerprint density at radius 3 is 1.70 bits per heavy atom. The first-order chi connectivity index (χ1) is 22.1. The SMILES string of the molecule is C=CCOC(=O)Cl.C=CCOC(=O)NC[C@]1(C)N=C(OC)[C@@H](C(C)C)N=C1OC.COC1=N[C@@](C)(CN=[N+]=[N-])C(OC)=N[C@@H]1C(C)C. The van der Waals surface area contributed by atoms with E-state index in [4.69, 9.17) is 40.8 Å². The summed E-state index contributed by atoms with van der Waals surface area (Å²) in [6, 6.07) is -0.357. The summed E-state index contributed by atoms with van der Waals surface area (Å²) in [6.45, 7) is 19.2. The number of methoxy groups -OCH3 is 4. The molecule has 0 saturated carbocycles. The third-order valence-electron chi connectivity index (χ3n) is 6.39. The second-order valence-corrected chi connectivity index (χ2v) is 11.3. The highest BCUT2D eigenvalue weighted by Crippen LogP contribution is 2.26. The first-order valence-corrected chi connectivity index (χ1v) is 15.0. The minimum Gasteiger partial charge on any atom is -0.483 e. The molecule has 2 rings (SSSR count). The van der Waals surface area contributed by atoms with Gasteiger partial charge in [-0.3, -0.25) is 0 Å². The van der Waals surface area contributed by atoms with E-state index in [9.17, 15) is 9.59 Å². The molecule has 0 spiro atoms. The van der Waals surface area contributed by atoms with Crippen molar-refractivity contribution in [3.8, 4) is 0 Å². The molecule has 0 aromatic rings. The van der Waals surface area contributed by atoms with E-state index in [-0.39, 0.29) is 50.2 Å². The van der Waals surface area contributed by atoms with Crippen molar-refractivity contribution < 1.29 is 38.0 Å². The summed E-state index contributed by atoms with van der Waals surface area (Å²) in [5.41, 5.74) is 6.01. The number of nitrogens with one attached hydrogen (secondary N) is 1. The molecule has 0 aliphatic carbocycles. The summed E-state index contributed by atoms with van der Waals surface area (Å²) in [5, 5.41) is 6.21. The molecule has 0 unspecified atom stereocenters. The Morgan fingerprint density at radius 1 is 0.894 bits per heavy atom. The van der Waals surface area contributed by atoms with Crippen molar-refractivity contribution in [3.05, 3.63) is 35.8 Å². The van der Waals surface area contributed by atoms with Gasteiger partial charge >= 0.3 is 11.5 Å². The third kappa shape index (κ3) is 13.9. The number of ether oxygens (including phenoxy) is 6. The topological polar surface area (TPSA) is 200 Å². The molecule has 264 valence electrons. The number of hydrogen-bond donors (Lipinski definition) is 1. The second kappa shape index (κ2) is 21.5. The van der Waals surface area contributed by atoms with Crippen LogP contribution in [0.4, 0.5) is 9.59 Å². The van der Waals surface area contributed by atoms with Crippen LogP contribution in [0.1, 0.15) is 41.5 Å². The van der Waals surface area contributed by atoms with Gasteiger partial charge in [-0.1, -0.05) is 58.1 Å². The van der Waals surface area contributed by atoms with Crippen molar-refractivity contribution in [2.75, 3.05) is 54.7 Å². The molecule has 17 heteroatoms. The molecule has 4 atom stereocenters. The van der Waals surface area contributed by atoms with Gasteiger partial charge in [-0.25, -0.2) is 29.6 Å². The van der Waals surface area contributed by atoms with Crippen molar-refractivity contribution in [1.29, 1.82) is 0 Å². The van der Waals surface area contributed by atoms with Crippen LogP contribution in [0.25, 0.3) is 10.4 Å². The van der Waals surface area contributed by atoms with Gasteiger partial charge in [-0.05, 0) is 31.2 Å². The fraction of sp³-hybridized carbons (Fsp3) is 0.667. The quantitative estimate of drug-likeness (QED) is 0.102. The zero-order valence-electron chi connectivity index (χ0n) is 29.0. The number of amides is 1. The van der Waals surface area contributed by atoms with Crippen LogP contribution in [0.5, 0.6) is 0 Å². The normalized spacial score (nSPS) is 22.8. The van der Waals surface area contributed by atoms with Crippen LogP contribution in [-0.4, -0.2) is 113 Å². The van der Waals surface area contributed by atoms with Crippen molar-refractivity contribution in [2.24, 2.45) is 36.9 Å². The van der Waals surface area contributed by atoms with Crippen LogP contribution >= 0.6 is 11.6 Å². The zero-order valence-corrected chi connectivity index (χ0v) is 29.7. The number of alkyl carbamates (subject to hydrolysis) is 1. The van der Waals surface area contributed by atoms with E-state index < -0.39 is 22.6 Å². The molecule has 47 heavy (non-hydrogen) atoms. The van der Waals surface area contributed by atoms with E-state index >= 15 is 0 Å². The molecular formula is C30H49ClN8O8. The van der Waals surface area contributed by atoms with E-state index in [1.807, 2.05) is 34.6 Å². The average Bonchev–Trinajstić information content (AvgIpc) is 3.04. The molecular weight excluding hydrogens is 636 g/mol. The Balaban J connectivity index is 0.000000759. The Hall–Kier alpha value is -4.30. The monoisotopic (exact) mass is 684 g/mol. The molecule has 0 aromatic heterocycles. The van der Waals surface area contributed by atoms with Crippen molar-refractivity contribution in [1.82, 2.24) is 5.32 Å². The summed E-state index contributed by atoms with van der Waals surface area (Å²) in [7, 11) is 6.21. The zero-order chi connectivity index (χ0) is 36.2. The molecule has 0 fully saturated rings. The number of hydrogen-bond acceptors (Lipinski definition) is 13. The van der Waals surface area contributed by atoms with Gasteiger partial charge in [0.15, 0.2) is 5.54 Å². The highest BCUT2D eigenvalue weighted by Gasteiger charge is 2.41. The first kappa shape index (κ1) is 42.7. The highest BCUT2D eigenvalue weighted by atomic mass is 35.5. The number of rotatable bonds is 10. The van der Waals surface area contributed by atoms with Crippen LogP contribution in [0.3, 0.4) is 0 Å². The largest absolute Gasteiger partial charge is 0.483 e. The van der Waals surface area contributed by atoms with E-state index in [2.05, 4.69) is 53.2 Å². The predicted molar refractivity (Wildman–Crippen MR) is 183 cm³/mol. The lowest BCUT2D eigenvalue weighted by atomic mass is 9.97. The van der Waals surface area contributed by atoms with Crippen LogP contribution in [0, 0.1) is 11.8 Å². The molecule has 0 saturated heterocycles. The minimum atomic E-state index is -0.835. The maximum Gasteiger partial charge on any atom is 0.407 e. The number of azide groups is 1. The van der Waals surface area contributed by atoms with Gasteiger partial charge in [0.05, 0.1) is 41.5 Å². The molecule has 0 radical (unpaired) electrons. The molecule has 16 nitrogen and oxygen atoms in total. The second-order valence-electron chi connectivity index (χ2n) is 11.0. The van der Waals surface area contributed by atoms with Crippen molar-refractivity contribution in [2.45, 2.75) is 64.7 Å². The fourth-order valence-electron chi connectivity index (χ4n) is 4.04. The molecule has 1 amide bonds. The van der Waals surface area contributed by atoms with Crippen LogP contribution in [0.2, 0.25) is 0 Å².